The average molecular weight is 308 g/mol. The third kappa shape index (κ3) is 3.26. The van der Waals surface area contributed by atoms with Gasteiger partial charge in [-0.25, -0.2) is 4.79 Å². The molecule has 0 fully saturated rings. The van der Waals surface area contributed by atoms with Gasteiger partial charge in [0.1, 0.15) is 0 Å². The first-order chi connectivity index (χ1) is 11.0. The lowest BCUT2D eigenvalue weighted by molar-refractivity contribution is 0.713. The van der Waals surface area contributed by atoms with Gasteiger partial charge in [-0.1, -0.05) is 0 Å². The first-order valence-corrected chi connectivity index (χ1v) is 7.21. The van der Waals surface area contributed by atoms with Crippen molar-refractivity contribution < 1.29 is 0 Å². The third-order valence-corrected chi connectivity index (χ3v) is 3.54. The number of hydrogen-bond acceptors (Lipinski definition) is 4. The van der Waals surface area contributed by atoms with Crippen LogP contribution in [0.2, 0.25) is 0 Å². The molecule has 3 aromatic heterocycles. The Bertz CT molecular complexity index is 973. The highest BCUT2D eigenvalue weighted by atomic mass is 16.2. The molecular formula is C17H16N4O2. The Balaban J connectivity index is 1.96. The zero-order chi connectivity index (χ0) is 16.4. The van der Waals surface area contributed by atoms with E-state index in [9.17, 15) is 9.59 Å². The van der Waals surface area contributed by atoms with Crippen molar-refractivity contribution in [3.8, 4) is 11.4 Å². The second kappa shape index (κ2) is 6.00. The van der Waals surface area contributed by atoms with Crippen LogP contribution >= 0.6 is 0 Å². The SMILES string of the molecule is Cc1ccnc(-c2cc(Cn3cc(C)c(=O)[nH]c3=O)ccn2)c1. The lowest BCUT2D eigenvalue weighted by atomic mass is 10.1. The fraction of sp³-hybridized carbons (Fsp3) is 0.176. The van der Waals surface area contributed by atoms with Gasteiger partial charge in [-0.05, 0) is 49.2 Å². The van der Waals surface area contributed by atoms with Gasteiger partial charge in [0.15, 0.2) is 0 Å². The summed E-state index contributed by atoms with van der Waals surface area (Å²) in [6, 6.07) is 7.62. The summed E-state index contributed by atoms with van der Waals surface area (Å²) in [5.41, 5.74) is 3.27. The van der Waals surface area contributed by atoms with Crippen molar-refractivity contribution in [3.05, 3.63) is 80.4 Å². The van der Waals surface area contributed by atoms with Crippen molar-refractivity contribution in [2.24, 2.45) is 0 Å². The number of nitrogens with zero attached hydrogens (tertiary/aromatic N) is 3. The second-order valence-electron chi connectivity index (χ2n) is 5.47. The molecule has 0 spiro atoms. The van der Waals surface area contributed by atoms with Crippen LogP contribution in [0, 0.1) is 13.8 Å². The first-order valence-electron chi connectivity index (χ1n) is 7.21. The molecule has 0 aromatic carbocycles. The molecule has 116 valence electrons. The Morgan fingerprint density at radius 3 is 2.48 bits per heavy atom. The number of hydrogen-bond donors (Lipinski definition) is 1. The Labute approximate surface area is 132 Å². The molecule has 3 aromatic rings. The molecule has 0 saturated carbocycles. The van der Waals surface area contributed by atoms with E-state index >= 15 is 0 Å². The van der Waals surface area contributed by atoms with Crippen LogP contribution in [0.1, 0.15) is 16.7 Å². The number of aromatic amines is 1. The maximum atomic E-state index is 11.9. The molecule has 6 nitrogen and oxygen atoms in total. The standard InChI is InChI=1S/C17H16N4O2/c1-11-3-5-18-14(7-11)15-8-13(4-6-19-15)10-21-9-12(2)16(22)20-17(21)23/h3-9H,10H2,1-2H3,(H,20,22,23). The van der Waals surface area contributed by atoms with Crippen molar-refractivity contribution in [1.29, 1.82) is 0 Å². The number of aryl methyl sites for hydroxylation is 2. The van der Waals surface area contributed by atoms with Gasteiger partial charge in [0.25, 0.3) is 5.56 Å². The summed E-state index contributed by atoms with van der Waals surface area (Å²) in [5, 5.41) is 0. The van der Waals surface area contributed by atoms with Gasteiger partial charge < -0.3 is 0 Å². The molecule has 1 N–H and O–H groups in total. The Kier molecular flexibility index (Phi) is 3.89. The van der Waals surface area contributed by atoms with Crippen LogP contribution in [0.15, 0.2) is 52.4 Å². The zero-order valence-corrected chi connectivity index (χ0v) is 12.9. The van der Waals surface area contributed by atoms with Crippen LogP contribution in [0.3, 0.4) is 0 Å². The highest BCUT2D eigenvalue weighted by Crippen LogP contribution is 2.16. The zero-order valence-electron chi connectivity index (χ0n) is 12.9. The van der Waals surface area contributed by atoms with E-state index in [0.29, 0.717) is 12.1 Å². The van der Waals surface area contributed by atoms with E-state index in [0.717, 1.165) is 22.5 Å². The van der Waals surface area contributed by atoms with Crippen molar-refractivity contribution >= 4 is 0 Å². The second-order valence-corrected chi connectivity index (χ2v) is 5.47. The minimum absolute atomic E-state index is 0.356. The number of rotatable bonds is 3. The summed E-state index contributed by atoms with van der Waals surface area (Å²) in [7, 11) is 0. The fourth-order valence-electron chi connectivity index (χ4n) is 2.32. The van der Waals surface area contributed by atoms with Gasteiger partial charge >= 0.3 is 5.69 Å². The van der Waals surface area contributed by atoms with Crippen LogP contribution in [-0.4, -0.2) is 19.5 Å². The van der Waals surface area contributed by atoms with Gasteiger partial charge in [0.2, 0.25) is 0 Å². The predicted molar refractivity (Wildman–Crippen MR) is 87.4 cm³/mol. The molecule has 3 heterocycles. The van der Waals surface area contributed by atoms with Crippen molar-refractivity contribution in [2.75, 3.05) is 0 Å². The molecule has 6 heteroatoms. The maximum Gasteiger partial charge on any atom is 0.328 e. The average Bonchev–Trinajstić information content (AvgIpc) is 2.53. The molecule has 3 rings (SSSR count). The lowest BCUT2D eigenvalue weighted by Gasteiger charge is -2.08. The minimum Gasteiger partial charge on any atom is -0.296 e. The molecule has 0 atom stereocenters. The minimum atomic E-state index is -0.423. The van der Waals surface area contributed by atoms with Gasteiger partial charge in [-0.2, -0.15) is 0 Å². The highest BCUT2D eigenvalue weighted by Gasteiger charge is 2.05. The van der Waals surface area contributed by atoms with E-state index in [1.165, 1.54) is 4.57 Å². The monoisotopic (exact) mass is 308 g/mol. The molecule has 0 bridgehead atoms. The first kappa shape index (κ1) is 14.9. The fourth-order valence-corrected chi connectivity index (χ4v) is 2.32. The predicted octanol–water partition coefficient (Wildman–Crippen LogP) is 1.66. The van der Waals surface area contributed by atoms with Crippen LogP contribution in [0.5, 0.6) is 0 Å². The topological polar surface area (TPSA) is 80.6 Å². The van der Waals surface area contributed by atoms with Crippen molar-refractivity contribution in [3.63, 3.8) is 0 Å². The highest BCUT2D eigenvalue weighted by molar-refractivity contribution is 5.55. The Morgan fingerprint density at radius 1 is 1.04 bits per heavy atom. The molecule has 0 aliphatic rings. The van der Waals surface area contributed by atoms with Gasteiger partial charge in [-0.15, -0.1) is 0 Å². The van der Waals surface area contributed by atoms with Crippen molar-refractivity contribution in [2.45, 2.75) is 20.4 Å². The van der Waals surface area contributed by atoms with E-state index in [1.807, 2.05) is 31.2 Å². The summed E-state index contributed by atoms with van der Waals surface area (Å²) in [5.74, 6) is 0. The molecule has 23 heavy (non-hydrogen) atoms. The maximum absolute atomic E-state index is 11.9. The Hall–Kier alpha value is -3.02. The summed E-state index contributed by atoms with van der Waals surface area (Å²) in [4.78, 5) is 34.3. The normalized spacial score (nSPS) is 10.7. The molecule has 0 saturated heterocycles. The number of nitrogens with one attached hydrogen (secondary N) is 1. The molecule has 0 unspecified atom stereocenters. The van der Waals surface area contributed by atoms with Crippen LogP contribution in [0.4, 0.5) is 0 Å². The lowest BCUT2D eigenvalue weighted by Crippen LogP contribution is -2.31. The van der Waals surface area contributed by atoms with E-state index in [2.05, 4.69) is 15.0 Å². The summed E-state index contributed by atoms with van der Waals surface area (Å²) in [6.07, 6.45) is 5.00. The molecule has 0 radical (unpaired) electrons. The van der Waals surface area contributed by atoms with E-state index in [-0.39, 0.29) is 5.56 Å². The van der Waals surface area contributed by atoms with E-state index < -0.39 is 5.69 Å². The van der Waals surface area contributed by atoms with Crippen LogP contribution in [-0.2, 0) is 6.54 Å². The quantitative estimate of drug-likeness (QED) is 0.798. The van der Waals surface area contributed by atoms with E-state index in [1.54, 1.807) is 25.5 Å². The summed E-state index contributed by atoms with van der Waals surface area (Å²) >= 11 is 0. The van der Waals surface area contributed by atoms with Gasteiger partial charge in [0, 0.05) is 24.2 Å². The largest absolute Gasteiger partial charge is 0.328 e. The van der Waals surface area contributed by atoms with Crippen molar-refractivity contribution in [1.82, 2.24) is 19.5 Å². The summed E-state index contributed by atoms with van der Waals surface area (Å²) < 4.78 is 1.47. The van der Waals surface area contributed by atoms with E-state index in [4.69, 9.17) is 0 Å². The summed E-state index contributed by atoms with van der Waals surface area (Å²) in [6.45, 7) is 4.03. The smallest absolute Gasteiger partial charge is 0.296 e. The number of aromatic nitrogens is 4. The van der Waals surface area contributed by atoms with Crippen LogP contribution < -0.4 is 11.2 Å². The molecule has 0 aliphatic carbocycles. The van der Waals surface area contributed by atoms with Gasteiger partial charge in [-0.3, -0.25) is 24.3 Å². The van der Waals surface area contributed by atoms with Crippen LogP contribution in [0.25, 0.3) is 11.4 Å². The molecule has 0 aliphatic heterocycles. The number of pyridine rings is 2. The Morgan fingerprint density at radius 2 is 1.74 bits per heavy atom. The number of H-pyrrole nitrogens is 1. The third-order valence-electron chi connectivity index (χ3n) is 3.54. The van der Waals surface area contributed by atoms with Gasteiger partial charge in [0.05, 0.1) is 17.9 Å². The molecular weight excluding hydrogens is 292 g/mol. The molecule has 0 amide bonds.